The van der Waals surface area contributed by atoms with Crippen molar-refractivity contribution in [2.75, 3.05) is 16.8 Å². The van der Waals surface area contributed by atoms with Crippen LogP contribution in [0.3, 0.4) is 0 Å². The molecule has 0 radical (unpaired) electrons. The number of carbonyl (C=O) groups is 2. The number of thiazole rings is 1. The highest BCUT2D eigenvalue weighted by Gasteiger charge is 2.28. The number of urea groups is 1. The summed E-state index contributed by atoms with van der Waals surface area (Å²) in [6, 6.07) is 7.13. The predicted octanol–water partition coefficient (Wildman–Crippen LogP) is 1.90. The molecule has 2 heterocycles. The molecule has 134 valence electrons. The zero-order valence-corrected chi connectivity index (χ0v) is 14.9. The first-order valence-electron chi connectivity index (χ1n) is 8.18. The van der Waals surface area contributed by atoms with Gasteiger partial charge in [-0.3, -0.25) is 10.1 Å². The van der Waals surface area contributed by atoms with Crippen molar-refractivity contribution in [2.24, 2.45) is 5.73 Å². The SMILES string of the molecule is C#Cc1nc(NC(=O)NCc2ccc(N3CCCC3C(N)=O)cc2)cs1. The average Bonchev–Trinajstić information content (AvgIpc) is 3.29. The van der Waals surface area contributed by atoms with E-state index in [1.807, 2.05) is 29.2 Å². The van der Waals surface area contributed by atoms with E-state index in [9.17, 15) is 9.59 Å². The van der Waals surface area contributed by atoms with Crippen LogP contribution >= 0.6 is 11.3 Å². The van der Waals surface area contributed by atoms with Gasteiger partial charge in [0.2, 0.25) is 5.91 Å². The van der Waals surface area contributed by atoms with Crippen molar-refractivity contribution in [3.63, 3.8) is 0 Å². The third kappa shape index (κ3) is 4.13. The Morgan fingerprint density at radius 2 is 2.15 bits per heavy atom. The second kappa shape index (κ2) is 7.89. The van der Waals surface area contributed by atoms with Gasteiger partial charge in [-0.1, -0.05) is 12.1 Å². The van der Waals surface area contributed by atoms with Crippen molar-refractivity contribution in [1.29, 1.82) is 0 Å². The van der Waals surface area contributed by atoms with E-state index in [-0.39, 0.29) is 18.0 Å². The van der Waals surface area contributed by atoms with E-state index in [4.69, 9.17) is 12.2 Å². The van der Waals surface area contributed by atoms with Crippen LogP contribution in [0.25, 0.3) is 0 Å². The molecule has 3 amide bonds. The van der Waals surface area contributed by atoms with Gasteiger partial charge < -0.3 is 16.0 Å². The topological polar surface area (TPSA) is 100 Å². The van der Waals surface area contributed by atoms with Crippen molar-refractivity contribution < 1.29 is 9.59 Å². The minimum absolute atomic E-state index is 0.240. The van der Waals surface area contributed by atoms with Crippen molar-refractivity contribution >= 4 is 34.8 Å². The fourth-order valence-electron chi connectivity index (χ4n) is 2.92. The molecule has 7 nitrogen and oxygen atoms in total. The Bertz CT molecular complexity index is 840. The van der Waals surface area contributed by atoms with Crippen molar-refractivity contribution in [1.82, 2.24) is 10.3 Å². The Hall–Kier alpha value is -3.05. The van der Waals surface area contributed by atoms with Crippen LogP contribution in [0, 0.1) is 12.3 Å². The van der Waals surface area contributed by atoms with E-state index in [1.54, 1.807) is 5.38 Å². The van der Waals surface area contributed by atoms with Crippen molar-refractivity contribution in [3.8, 4) is 12.3 Å². The second-order valence-corrected chi connectivity index (χ2v) is 6.77. The van der Waals surface area contributed by atoms with E-state index >= 15 is 0 Å². The fourth-order valence-corrected chi connectivity index (χ4v) is 3.47. The summed E-state index contributed by atoms with van der Waals surface area (Å²) in [4.78, 5) is 29.5. The van der Waals surface area contributed by atoms with Crippen molar-refractivity contribution in [2.45, 2.75) is 25.4 Å². The predicted molar refractivity (Wildman–Crippen MR) is 102 cm³/mol. The van der Waals surface area contributed by atoms with Crippen LogP contribution in [-0.4, -0.2) is 29.5 Å². The van der Waals surface area contributed by atoms with E-state index < -0.39 is 0 Å². The van der Waals surface area contributed by atoms with Gasteiger partial charge in [-0.05, 0) is 36.5 Å². The third-order valence-electron chi connectivity index (χ3n) is 4.17. The Morgan fingerprint density at radius 1 is 1.38 bits per heavy atom. The summed E-state index contributed by atoms with van der Waals surface area (Å²) in [6.45, 7) is 1.19. The first-order valence-corrected chi connectivity index (χ1v) is 9.06. The van der Waals surface area contributed by atoms with E-state index in [0.717, 1.165) is 30.6 Å². The molecule has 4 N–H and O–H groups in total. The number of carbonyl (C=O) groups excluding carboxylic acids is 2. The number of amides is 3. The van der Waals surface area contributed by atoms with Gasteiger partial charge in [0.15, 0.2) is 5.01 Å². The van der Waals surface area contributed by atoms with Crippen LogP contribution < -0.4 is 21.3 Å². The molecular weight excluding hydrogens is 350 g/mol. The number of nitrogens with one attached hydrogen (secondary N) is 2. The number of hydrogen-bond acceptors (Lipinski definition) is 5. The normalized spacial score (nSPS) is 16.1. The lowest BCUT2D eigenvalue weighted by Crippen LogP contribution is -2.40. The summed E-state index contributed by atoms with van der Waals surface area (Å²) in [7, 11) is 0. The van der Waals surface area contributed by atoms with Gasteiger partial charge in [-0.15, -0.1) is 17.8 Å². The van der Waals surface area contributed by atoms with Gasteiger partial charge >= 0.3 is 6.03 Å². The molecule has 2 aromatic rings. The summed E-state index contributed by atoms with van der Waals surface area (Å²) in [5, 5.41) is 7.61. The smallest absolute Gasteiger partial charge is 0.320 e. The number of anilines is 2. The van der Waals surface area contributed by atoms with Crippen LogP contribution in [0.2, 0.25) is 0 Å². The molecule has 0 bridgehead atoms. The summed E-state index contributed by atoms with van der Waals surface area (Å²) in [6.07, 6.45) is 6.99. The summed E-state index contributed by atoms with van der Waals surface area (Å²) < 4.78 is 0. The van der Waals surface area contributed by atoms with Gasteiger partial charge in [0.1, 0.15) is 11.9 Å². The standard InChI is InChI=1S/C18H19N5O2S/c1-2-16-21-15(11-26-16)22-18(25)20-10-12-5-7-13(8-6-12)23-9-3-4-14(23)17(19)24/h1,5-8,11,14H,3-4,9-10H2,(H2,19,24)(H2,20,22,25). The summed E-state index contributed by atoms with van der Waals surface area (Å²) >= 11 is 1.29. The Kier molecular flexibility index (Phi) is 5.39. The first kappa shape index (κ1) is 17.8. The molecule has 1 aromatic heterocycles. The minimum Gasteiger partial charge on any atom is -0.368 e. The number of primary amides is 1. The lowest BCUT2D eigenvalue weighted by Gasteiger charge is -2.24. The van der Waals surface area contributed by atoms with Crippen LogP contribution in [-0.2, 0) is 11.3 Å². The van der Waals surface area contributed by atoms with E-state index in [1.165, 1.54) is 11.3 Å². The summed E-state index contributed by atoms with van der Waals surface area (Å²) in [5.41, 5.74) is 7.37. The minimum atomic E-state index is -0.351. The molecule has 1 fully saturated rings. The van der Waals surface area contributed by atoms with E-state index in [2.05, 4.69) is 21.5 Å². The molecule has 0 aliphatic carbocycles. The zero-order chi connectivity index (χ0) is 18.5. The van der Waals surface area contributed by atoms with Gasteiger partial charge in [-0.25, -0.2) is 9.78 Å². The maximum Gasteiger partial charge on any atom is 0.320 e. The monoisotopic (exact) mass is 369 g/mol. The van der Waals surface area contributed by atoms with Gasteiger partial charge in [0.05, 0.1) is 0 Å². The summed E-state index contributed by atoms with van der Waals surface area (Å²) in [5.74, 6) is 2.56. The molecule has 8 heteroatoms. The molecule has 0 spiro atoms. The Morgan fingerprint density at radius 3 is 2.81 bits per heavy atom. The number of aromatic nitrogens is 1. The van der Waals surface area contributed by atoms with Crippen LogP contribution in [0.4, 0.5) is 16.3 Å². The lowest BCUT2D eigenvalue weighted by molar-refractivity contribution is -0.119. The molecule has 1 atom stereocenters. The maximum atomic E-state index is 11.9. The quantitative estimate of drug-likeness (QED) is 0.701. The molecule has 3 rings (SSSR count). The number of nitrogens with zero attached hydrogens (tertiary/aromatic N) is 2. The number of hydrogen-bond donors (Lipinski definition) is 3. The van der Waals surface area contributed by atoms with Crippen LogP contribution in [0.1, 0.15) is 23.4 Å². The number of benzene rings is 1. The van der Waals surface area contributed by atoms with Gasteiger partial charge in [-0.2, -0.15) is 0 Å². The van der Waals surface area contributed by atoms with E-state index in [0.29, 0.717) is 17.4 Å². The third-order valence-corrected chi connectivity index (χ3v) is 4.95. The second-order valence-electron chi connectivity index (χ2n) is 5.91. The molecule has 1 aromatic carbocycles. The molecule has 1 saturated heterocycles. The highest BCUT2D eigenvalue weighted by molar-refractivity contribution is 7.10. The molecule has 1 unspecified atom stereocenters. The first-order chi connectivity index (χ1) is 12.6. The molecule has 1 aliphatic heterocycles. The number of nitrogens with two attached hydrogens (primary N) is 1. The maximum absolute atomic E-state index is 11.9. The lowest BCUT2D eigenvalue weighted by atomic mass is 10.1. The number of terminal acetylenes is 1. The molecule has 26 heavy (non-hydrogen) atoms. The molecule has 0 saturated carbocycles. The fraction of sp³-hybridized carbons (Fsp3) is 0.278. The van der Waals surface area contributed by atoms with Gasteiger partial charge in [0, 0.05) is 24.2 Å². The average molecular weight is 369 g/mol. The van der Waals surface area contributed by atoms with Crippen LogP contribution in [0.15, 0.2) is 29.6 Å². The number of rotatable bonds is 5. The van der Waals surface area contributed by atoms with Crippen LogP contribution in [0.5, 0.6) is 0 Å². The largest absolute Gasteiger partial charge is 0.368 e. The van der Waals surface area contributed by atoms with Gasteiger partial charge in [0.25, 0.3) is 0 Å². The Balaban J connectivity index is 1.53. The molecular formula is C18H19N5O2S. The highest BCUT2D eigenvalue weighted by Crippen LogP contribution is 2.25. The Labute approximate surface area is 155 Å². The zero-order valence-electron chi connectivity index (χ0n) is 14.1. The molecule has 1 aliphatic rings. The van der Waals surface area contributed by atoms with Crippen molar-refractivity contribution in [3.05, 3.63) is 40.2 Å². The highest BCUT2D eigenvalue weighted by atomic mass is 32.1.